The summed E-state index contributed by atoms with van der Waals surface area (Å²) in [4.78, 5) is 28.0. The number of fused-ring (bicyclic) bond motifs is 2. The fourth-order valence-electron chi connectivity index (χ4n) is 2.95. The van der Waals surface area contributed by atoms with Gasteiger partial charge in [0.1, 0.15) is 5.75 Å². The second-order valence-corrected chi connectivity index (χ2v) is 5.61. The molecule has 116 valence electrons. The van der Waals surface area contributed by atoms with Gasteiger partial charge in [-0.3, -0.25) is 9.59 Å². The van der Waals surface area contributed by atoms with E-state index in [0.717, 1.165) is 10.8 Å². The summed E-state index contributed by atoms with van der Waals surface area (Å²) in [7, 11) is 0. The van der Waals surface area contributed by atoms with E-state index in [1.807, 2.05) is 30.3 Å². The Balaban J connectivity index is 1.99. The molecule has 0 spiro atoms. The van der Waals surface area contributed by atoms with Crippen LogP contribution in [-0.4, -0.2) is 15.9 Å². The number of ketones is 1. The second-order valence-electron chi connectivity index (χ2n) is 5.61. The molecule has 0 radical (unpaired) electrons. The molecule has 3 aromatic carbocycles. The van der Waals surface area contributed by atoms with Gasteiger partial charge in [-0.1, -0.05) is 48.5 Å². The predicted octanol–water partition coefficient (Wildman–Crippen LogP) is 3.62. The van der Waals surface area contributed by atoms with Crippen LogP contribution in [0.5, 0.6) is 5.75 Å². The molecule has 4 heteroatoms. The summed E-state index contributed by atoms with van der Waals surface area (Å²) in [6.07, 6.45) is 0. The van der Waals surface area contributed by atoms with Crippen LogP contribution in [0.2, 0.25) is 0 Å². The molecule has 0 aliphatic rings. The van der Waals surface area contributed by atoms with E-state index < -0.39 is 11.3 Å². The molecule has 2 N–H and O–H groups in total. The summed E-state index contributed by atoms with van der Waals surface area (Å²) in [5.41, 5.74) is 0.362. The van der Waals surface area contributed by atoms with Crippen molar-refractivity contribution in [1.29, 1.82) is 0 Å². The van der Waals surface area contributed by atoms with Gasteiger partial charge in [-0.15, -0.1) is 0 Å². The van der Waals surface area contributed by atoms with Gasteiger partial charge >= 0.3 is 0 Å². The van der Waals surface area contributed by atoms with Crippen molar-refractivity contribution in [2.24, 2.45) is 0 Å². The van der Waals surface area contributed by atoms with Gasteiger partial charge in [0.05, 0.1) is 11.1 Å². The first-order chi connectivity index (χ1) is 11.6. The zero-order chi connectivity index (χ0) is 16.7. The lowest BCUT2D eigenvalue weighted by atomic mass is 9.96. The molecule has 0 fully saturated rings. The average Bonchev–Trinajstić information content (AvgIpc) is 2.60. The number of pyridine rings is 1. The third-order valence-electron chi connectivity index (χ3n) is 4.13. The van der Waals surface area contributed by atoms with E-state index in [9.17, 15) is 14.7 Å². The Labute approximate surface area is 137 Å². The van der Waals surface area contributed by atoms with Crippen LogP contribution < -0.4 is 5.56 Å². The summed E-state index contributed by atoms with van der Waals surface area (Å²) in [5, 5.41) is 12.4. The van der Waals surface area contributed by atoms with Crippen LogP contribution in [0.1, 0.15) is 15.9 Å². The lowest BCUT2D eigenvalue weighted by Gasteiger charge is -2.08. The maximum atomic E-state index is 13.0. The third-order valence-corrected chi connectivity index (χ3v) is 4.13. The summed E-state index contributed by atoms with van der Waals surface area (Å²) < 4.78 is 0. The Morgan fingerprint density at radius 1 is 0.875 bits per heavy atom. The van der Waals surface area contributed by atoms with Crippen LogP contribution >= 0.6 is 0 Å². The minimum Gasteiger partial charge on any atom is -0.507 e. The highest BCUT2D eigenvalue weighted by Gasteiger charge is 2.20. The third kappa shape index (κ3) is 2.16. The molecule has 4 rings (SSSR count). The largest absolute Gasteiger partial charge is 0.507 e. The number of carbonyl (C=O) groups excluding carboxylic acids is 1. The van der Waals surface area contributed by atoms with Gasteiger partial charge in [-0.25, -0.2) is 0 Å². The summed E-state index contributed by atoms with van der Waals surface area (Å²) in [5.74, 6) is -0.623. The Morgan fingerprint density at radius 2 is 1.58 bits per heavy atom. The van der Waals surface area contributed by atoms with Crippen molar-refractivity contribution in [2.45, 2.75) is 0 Å². The molecule has 0 aliphatic heterocycles. The molecule has 0 amide bonds. The van der Waals surface area contributed by atoms with Crippen LogP contribution in [0, 0.1) is 0 Å². The first kappa shape index (κ1) is 14.2. The van der Waals surface area contributed by atoms with Crippen molar-refractivity contribution in [3.05, 3.63) is 88.2 Å². The molecular weight excluding hydrogens is 302 g/mol. The standard InChI is InChI=1S/C20H13NO3/c22-17-10-9-12-5-1-3-7-14(12)18(17)19(23)15-11-13-6-2-4-8-16(13)21-20(15)24/h1-11,22H,(H,21,24). The molecule has 1 aromatic heterocycles. The zero-order valence-corrected chi connectivity index (χ0v) is 12.6. The van der Waals surface area contributed by atoms with E-state index in [2.05, 4.69) is 4.98 Å². The topological polar surface area (TPSA) is 70.2 Å². The van der Waals surface area contributed by atoms with E-state index >= 15 is 0 Å². The van der Waals surface area contributed by atoms with E-state index in [0.29, 0.717) is 10.9 Å². The number of aromatic hydroxyl groups is 1. The first-order valence-electron chi connectivity index (χ1n) is 7.52. The fraction of sp³-hybridized carbons (Fsp3) is 0. The molecule has 4 aromatic rings. The Hall–Kier alpha value is -3.40. The molecule has 24 heavy (non-hydrogen) atoms. The zero-order valence-electron chi connectivity index (χ0n) is 12.6. The Kier molecular flexibility index (Phi) is 3.17. The number of H-pyrrole nitrogens is 1. The SMILES string of the molecule is O=C(c1cc2ccccc2[nH]c1=O)c1c(O)ccc2ccccc12. The quantitative estimate of drug-likeness (QED) is 0.555. The summed E-state index contributed by atoms with van der Waals surface area (Å²) in [6, 6.07) is 19.3. The molecule has 0 atom stereocenters. The number of phenolic OH excluding ortho intramolecular Hbond substituents is 1. The number of carbonyl (C=O) groups is 1. The Morgan fingerprint density at radius 3 is 2.42 bits per heavy atom. The van der Waals surface area contributed by atoms with Crippen molar-refractivity contribution in [3.8, 4) is 5.75 Å². The van der Waals surface area contributed by atoms with Crippen molar-refractivity contribution in [2.75, 3.05) is 0 Å². The number of nitrogens with one attached hydrogen (secondary N) is 1. The number of aromatic amines is 1. The van der Waals surface area contributed by atoms with Gasteiger partial charge in [-0.2, -0.15) is 0 Å². The first-order valence-corrected chi connectivity index (χ1v) is 7.52. The van der Waals surface area contributed by atoms with Crippen molar-refractivity contribution >= 4 is 27.5 Å². The number of benzene rings is 3. The van der Waals surface area contributed by atoms with Crippen molar-refractivity contribution in [1.82, 2.24) is 4.98 Å². The van der Waals surface area contributed by atoms with Crippen LogP contribution in [0.25, 0.3) is 21.7 Å². The lowest BCUT2D eigenvalue weighted by Crippen LogP contribution is -2.18. The second kappa shape index (κ2) is 5.35. The number of aromatic nitrogens is 1. The van der Waals surface area contributed by atoms with Crippen LogP contribution in [-0.2, 0) is 0 Å². The highest BCUT2D eigenvalue weighted by molar-refractivity contribution is 6.18. The highest BCUT2D eigenvalue weighted by Crippen LogP contribution is 2.29. The predicted molar refractivity (Wildman–Crippen MR) is 93.6 cm³/mol. The van der Waals surface area contributed by atoms with Gasteiger partial charge in [0.15, 0.2) is 0 Å². The summed E-state index contributed by atoms with van der Waals surface area (Å²) in [6.45, 7) is 0. The Bertz CT molecular complexity index is 1160. The molecule has 0 aliphatic carbocycles. The number of hydrogen-bond acceptors (Lipinski definition) is 3. The van der Waals surface area contributed by atoms with Crippen LogP contribution in [0.3, 0.4) is 0 Å². The maximum absolute atomic E-state index is 13.0. The van der Waals surface area contributed by atoms with Crippen LogP contribution in [0.4, 0.5) is 0 Å². The number of para-hydroxylation sites is 1. The van der Waals surface area contributed by atoms with Gasteiger partial charge in [-0.05, 0) is 34.4 Å². The molecule has 1 heterocycles. The van der Waals surface area contributed by atoms with Crippen molar-refractivity contribution in [3.63, 3.8) is 0 Å². The number of hydrogen-bond donors (Lipinski definition) is 2. The van der Waals surface area contributed by atoms with E-state index in [1.165, 1.54) is 6.07 Å². The molecule has 4 nitrogen and oxygen atoms in total. The minimum atomic E-state index is -0.490. The molecule has 0 unspecified atom stereocenters. The molecular formula is C20H13NO3. The fourth-order valence-corrected chi connectivity index (χ4v) is 2.95. The van der Waals surface area contributed by atoms with E-state index in [4.69, 9.17) is 0 Å². The molecule has 0 saturated carbocycles. The van der Waals surface area contributed by atoms with Gasteiger partial charge < -0.3 is 10.1 Å². The van der Waals surface area contributed by atoms with Gasteiger partial charge in [0.2, 0.25) is 5.78 Å². The normalized spacial score (nSPS) is 11.0. The van der Waals surface area contributed by atoms with Crippen LogP contribution in [0.15, 0.2) is 71.5 Å². The van der Waals surface area contributed by atoms with E-state index in [1.54, 1.807) is 30.3 Å². The summed E-state index contributed by atoms with van der Waals surface area (Å²) >= 11 is 0. The maximum Gasteiger partial charge on any atom is 0.259 e. The smallest absolute Gasteiger partial charge is 0.259 e. The molecule has 0 saturated heterocycles. The average molecular weight is 315 g/mol. The highest BCUT2D eigenvalue weighted by atomic mass is 16.3. The number of phenols is 1. The van der Waals surface area contributed by atoms with Gasteiger partial charge in [0.25, 0.3) is 5.56 Å². The van der Waals surface area contributed by atoms with Gasteiger partial charge in [0, 0.05) is 5.52 Å². The monoisotopic (exact) mass is 315 g/mol. The number of rotatable bonds is 2. The van der Waals surface area contributed by atoms with E-state index in [-0.39, 0.29) is 16.9 Å². The van der Waals surface area contributed by atoms with Crippen molar-refractivity contribution < 1.29 is 9.90 Å². The lowest BCUT2D eigenvalue weighted by molar-refractivity contribution is 0.103. The minimum absolute atomic E-state index is 0.0142. The molecule has 0 bridgehead atoms.